The highest BCUT2D eigenvalue weighted by Crippen LogP contribution is 2.19. The van der Waals surface area contributed by atoms with Crippen molar-refractivity contribution in [1.82, 2.24) is 20.1 Å². The molecule has 1 aromatic rings. The second kappa shape index (κ2) is 5.41. The van der Waals surface area contributed by atoms with E-state index in [0.717, 1.165) is 25.5 Å². The fourth-order valence-electron chi connectivity index (χ4n) is 2.29. The number of nitrogens with one attached hydrogen (secondary N) is 1. The topological polar surface area (TPSA) is 52.0 Å². The van der Waals surface area contributed by atoms with Gasteiger partial charge in [0.15, 0.2) is 0 Å². The molecule has 16 heavy (non-hydrogen) atoms. The van der Waals surface area contributed by atoms with E-state index in [-0.39, 0.29) is 0 Å². The molecule has 2 unspecified atom stereocenters. The smallest absolute Gasteiger partial charge is 0.138 e. The molecule has 0 spiro atoms. The van der Waals surface area contributed by atoms with E-state index in [2.05, 4.69) is 15.4 Å². The first-order valence-corrected chi connectivity index (χ1v) is 5.89. The Hall–Kier alpha value is -0.940. The van der Waals surface area contributed by atoms with Crippen LogP contribution in [-0.4, -0.2) is 41.1 Å². The Kier molecular flexibility index (Phi) is 3.90. The van der Waals surface area contributed by atoms with E-state index >= 15 is 0 Å². The summed E-state index contributed by atoms with van der Waals surface area (Å²) in [6, 6.07) is 0.434. The first-order valence-electron chi connectivity index (χ1n) is 5.89. The van der Waals surface area contributed by atoms with Crippen molar-refractivity contribution in [1.29, 1.82) is 0 Å². The van der Waals surface area contributed by atoms with E-state index in [1.807, 2.05) is 18.8 Å². The summed E-state index contributed by atoms with van der Waals surface area (Å²) in [5.74, 6) is 1.63. The maximum absolute atomic E-state index is 5.53. The van der Waals surface area contributed by atoms with Crippen molar-refractivity contribution in [2.45, 2.75) is 25.3 Å². The fourth-order valence-corrected chi connectivity index (χ4v) is 2.29. The Bertz CT molecular complexity index is 320. The first-order chi connectivity index (χ1) is 7.81. The van der Waals surface area contributed by atoms with Crippen molar-refractivity contribution >= 4 is 0 Å². The molecule has 0 saturated carbocycles. The largest absolute Gasteiger partial charge is 0.381 e. The molecule has 0 aliphatic carbocycles. The lowest BCUT2D eigenvalue weighted by Crippen LogP contribution is -2.40. The van der Waals surface area contributed by atoms with Crippen LogP contribution in [-0.2, 0) is 18.2 Å². The second-order valence-corrected chi connectivity index (χ2v) is 4.38. The number of hydrogen-bond acceptors (Lipinski definition) is 4. The summed E-state index contributed by atoms with van der Waals surface area (Å²) in [6.45, 7) is 1.78. The Balaban J connectivity index is 1.97. The van der Waals surface area contributed by atoms with Crippen molar-refractivity contribution in [3.05, 3.63) is 12.2 Å². The van der Waals surface area contributed by atoms with Gasteiger partial charge in [-0.05, 0) is 25.8 Å². The lowest BCUT2D eigenvalue weighted by Gasteiger charge is -2.29. The standard InChI is InChI=1S/C11H20N4O/c1-12-10(9-4-3-5-16-7-9)6-11-13-8-14-15(11)2/h8-10,12H,3-7H2,1-2H3. The minimum Gasteiger partial charge on any atom is -0.381 e. The zero-order valence-corrected chi connectivity index (χ0v) is 10.0. The molecule has 2 rings (SSSR count). The molecule has 1 aliphatic heterocycles. The lowest BCUT2D eigenvalue weighted by atomic mass is 9.91. The zero-order chi connectivity index (χ0) is 11.4. The predicted molar refractivity (Wildman–Crippen MR) is 61.1 cm³/mol. The van der Waals surface area contributed by atoms with Crippen LogP contribution < -0.4 is 5.32 Å². The van der Waals surface area contributed by atoms with E-state index < -0.39 is 0 Å². The maximum Gasteiger partial charge on any atom is 0.138 e. The van der Waals surface area contributed by atoms with Crippen molar-refractivity contribution in [3.63, 3.8) is 0 Å². The predicted octanol–water partition coefficient (Wildman–Crippen LogP) is 0.372. The Morgan fingerprint density at radius 3 is 3.12 bits per heavy atom. The molecule has 1 fully saturated rings. The van der Waals surface area contributed by atoms with Crippen LogP contribution in [0.15, 0.2) is 6.33 Å². The highest BCUT2D eigenvalue weighted by Gasteiger charge is 2.24. The van der Waals surface area contributed by atoms with Gasteiger partial charge < -0.3 is 10.1 Å². The number of hydrogen-bond donors (Lipinski definition) is 1. The molecule has 0 amide bonds. The van der Waals surface area contributed by atoms with Crippen LogP contribution in [0, 0.1) is 5.92 Å². The normalized spacial score (nSPS) is 23.2. The van der Waals surface area contributed by atoms with Gasteiger partial charge in [0.05, 0.1) is 6.61 Å². The highest BCUT2D eigenvalue weighted by atomic mass is 16.5. The molecule has 1 aliphatic rings. The number of rotatable bonds is 4. The van der Waals surface area contributed by atoms with Gasteiger partial charge in [0.2, 0.25) is 0 Å². The monoisotopic (exact) mass is 224 g/mol. The van der Waals surface area contributed by atoms with Crippen LogP contribution in [0.4, 0.5) is 0 Å². The molecule has 2 atom stereocenters. The molecule has 1 N–H and O–H groups in total. The minimum atomic E-state index is 0.434. The van der Waals surface area contributed by atoms with Gasteiger partial charge in [0.25, 0.3) is 0 Å². The molecular formula is C11H20N4O. The summed E-state index contributed by atoms with van der Waals surface area (Å²) in [7, 11) is 3.95. The Morgan fingerprint density at radius 1 is 1.69 bits per heavy atom. The number of aryl methyl sites for hydroxylation is 1. The molecule has 2 heterocycles. The molecule has 1 aromatic heterocycles. The van der Waals surface area contributed by atoms with Crippen LogP contribution in [0.3, 0.4) is 0 Å². The van der Waals surface area contributed by atoms with E-state index in [0.29, 0.717) is 12.0 Å². The van der Waals surface area contributed by atoms with Gasteiger partial charge in [-0.25, -0.2) is 4.98 Å². The summed E-state index contributed by atoms with van der Waals surface area (Å²) < 4.78 is 7.37. The molecule has 1 saturated heterocycles. The SMILES string of the molecule is CNC(Cc1ncnn1C)C1CCCOC1. The van der Waals surface area contributed by atoms with Crippen molar-refractivity contribution in [2.75, 3.05) is 20.3 Å². The van der Waals surface area contributed by atoms with Crippen molar-refractivity contribution in [2.24, 2.45) is 13.0 Å². The minimum absolute atomic E-state index is 0.434. The van der Waals surface area contributed by atoms with Gasteiger partial charge in [-0.15, -0.1) is 0 Å². The molecule has 0 radical (unpaired) electrons. The van der Waals surface area contributed by atoms with Crippen LogP contribution >= 0.6 is 0 Å². The molecule has 90 valence electrons. The summed E-state index contributed by atoms with van der Waals surface area (Å²) in [4.78, 5) is 4.27. The summed E-state index contributed by atoms with van der Waals surface area (Å²) in [5.41, 5.74) is 0. The quantitative estimate of drug-likeness (QED) is 0.803. The van der Waals surface area contributed by atoms with E-state index in [1.54, 1.807) is 6.33 Å². The van der Waals surface area contributed by atoms with E-state index in [4.69, 9.17) is 4.74 Å². The maximum atomic E-state index is 5.53. The molecule has 5 heteroatoms. The highest BCUT2D eigenvalue weighted by molar-refractivity contribution is 4.91. The first kappa shape index (κ1) is 11.5. The number of aromatic nitrogens is 3. The Labute approximate surface area is 96.2 Å². The van der Waals surface area contributed by atoms with Gasteiger partial charge in [-0.1, -0.05) is 0 Å². The van der Waals surface area contributed by atoms with Crippen molar-refractivity contribution in [3.8, 4) is 0 Å². The van der Waals surface area contributed by atoms with Crippen LogP contribution in [0.25, 0.3) is 0 Å². The molecular weight excluding hydrogens is 204 g/mol. The zero-order valence-electron chi connectivity index (χ0n) is 10.0. The summed E-state index contributed by atoms with van der Waals surface area (Å²) in [6.07, 6.45) is 4.94. The number of nitrogens with zero attached hydrogens (tertiary/aromatic N) is 3. The molecule has 5 nitrogen and oxygen atoms in total. The number of likely N-dealkylation sites (N-methyl/N-ethyl adjacent to an activating group) is 1. The lowest BCUT2D eigenvalue weighted by molar-refractivity contribution is 0.0401. The summed E-state index contributed by atoms with van der Waals surface area (Å²) >= 11 is 0. The van der Waals surface area contributed by atoms with Gasteiger partial charge >= 0.3 is 0 Å². The van der Waals surface area contributed by atoms with Crippen LogP contribution in [0.2, 0.25) is 0 Å². The van der Waals surface area contributed by atoms with E-state index in [9.17, 15) is 0 Å². The number of ether oxygens (including phenoxy) is 1. The van der Waals surface area contributed by atoms with Gasteiger partial charge in [0, 0.05) is 26.1 Å². The van der Waals surface area contributed by atoms with Crippen LogP contribution in [0.1, 0.15) is 18.7 Å². The third-order valence-electron chi connectivity index (χ3n) is 3.34. The Morgan fingerprint density at radius 2 is 2.56 bits per heavy atom. The van der Waals surface area contributed by atoms with Gasteiger partial charge in [-0.2, -0.15) is 5.10 Å². The third-order valence-corrected chi connectivity index (χ3v) is 3.34. The van der Waals surface area contributed by atoms with Crippen molar-refractivity contribution < 1.29 is 4.74 Å². The molecule has 0 bridgehead atoms. The average molecular weight is 224 g/mol. The fraction of sp³-hybridized carbons (Fsp3) is 0.818. The van der Waals surface area contributed by atoms with Gasteiger partial charge in [-0.3, -0.25) is 4.68 Å². The van der Waals surface area contributed by atoms with Crippen LogP contribution in [0.5, 0.6) is 0 Å². The van der Waals surface area contributed by atoms with Gasteiger partial charge in [0.1, 0.15) is 12.2 Å². The third kappa shape index (κ3) is 2.59. The van der Waals surface area contributed by atoms with E-state index in [1.165, 1.54) is 12.8 Å². The average Bonchev–Trinajstić information content (AvgIpc) is 2.73. The summed E-state index contributed by atoms with van der Waals surface area (Å²) in [5, 5.41) is 7.47. The molecule has 0 aromatic carbocycles. The second-order valence-electron chi connectivity index (χ2n) is 4.38.